The van der Waals surface area contributed by atoms with Crippen LogP contribution in [0.5, 0.6) is 0 Å². The fraction of sp³-hybridized carbons (Fsp3) is 0.533. The van der Waals surface area contributed by atoms with Crippen molar-refractivity contribution in [3.63, 3.8) is 0 Å². The summed E-state index contributed by atoms with van der Waals surface area (Å²) in [5, 5.41) is 8.91. The first-order valence-corrected chi connectivity index (χ1v) is 7.63. The van der Waals surface area contributed by atoms with E-state index in [0.29, 0.717) is 12.6 Å². The molecule has 1 saturated heterocycles. The molecule has 1 aliphatic rings. The maximum atomic E-state index is 12.2. The minimum absolute atomic E-state index is 0.184. The first-order valence-electron chi connectivity index (χ1n) is 6.84. The van der Waals surface area contributed by atoms with Gasteiger partial charge < -0.3 is 5.11 Å². The lowest BCUT2D eigenvalue weighted by molar-refractivity contribution is 0.0916. The fourth-order valence-electron chi connectivity index (χ4n) is 2.67. The Balaban J connectivity index is 1.92. The van der Waals surface area contributed by atoms with E-state index in [1.54, 1.807) is 0 Å². The van der Waals surface area contributed by atoms with Crippen molar-refractivity contribution in [2.75, 3.05) is 19.7 Å². The number of aliphatic hydroxyl groups is 1. The molecule has 1 aromatic rings. The number of rotatable bonds is 6. The van der Waals surface area contributed by atoms with Crippen LogP contribution in [0.1, 0.15) is 36.0 Å². The van der Waals surface area contributed by atoms with Crippen molar-refractivity contribution in [1.29, 1.82) is 0 Å². The zero-order valence-electron chi connectivity index (χ0n) is 11.0. The highest BCUT2D eigenvalue weighted by atomic mass is 79.9. The molecule has 0 aromatic heterocycles. The Morgan fingerprint density at radius 3 is 2.79 bits per heavy atom. The molecule has 1 fully saturated rings. The van der Waals surface area contributed by atoms with Gasteiger partial charge in [0.15, 0.2) is 5.78 Å². The molecule has 1 N–H and O–H groups in total. The Morgan fingerprint density at radius 2 is 2.11 bits per heavy atom. The molecular formula is C15H20BrNO2. The highest BCUT2D eigenvalue weighted by molar-refractivity contribution is 9.10. The number of likely N-dealkylation sites (tertiary alicyclic amines) is 1. The van der Waals surface area contributed by atoms with E-state index >= 15 is 0 Å². The number of benzene rings is 1. The summed E-state index contributed by atoms with van der Waals surface area (Å²) in [6.45, 7) is 1.74. The number of halogens is 1. The molecule has 0 saturated carbocycles. The van der Waals surface area contributed by atoms with Crippen molar-refractivity contribution < 1.29 is 9.90 Å². The minimum Gasteiger partial charge on any atom is -0.396 e. The summed E-state index contributed by atoms with van der Waals surface area (Å²) in [5.74, 6) is 0.184. The second-order valence-electron chi connectivity index (χ2n) is 5.06. The summed E-state index contributed by atoms with van der Waals surface area (Å²) >= 11 is 3.38. The molecule has 0 aliphatic carbocycles. The van der Waals surface area contributed by atoms with Crippen LogP contribution in [0.2, 0.25) is 0 Å². The molecule has 0 spiro atoms. The van der Waals surface area contributed by atoms with Gasteiger partial charge in [0, 0.05) is 22.7 Å². The fourth-order valence-corrected chi connectivity index (χ4v) is 2.93. The standard InChI is InChI=1S/C15H20BrNO2/c16-13-7-5-12(6-8-13)15(19)11-17-9-1-3-14(17)4-2-10-18/h5-8,14,18H,1-4,9-11H2. The number of aliphatic hydroxyl groups excluding tert-OH is 1. The Morgan fingerprint density at radius 1 is 1.37 bits per heavy atom. The van der Waals surface area contributed by atoms with Crippen molar-refractivity contribution in [2.45, 2.75) is 31.7 Å². The maximum Gasteiger partial charge on any atom is 0.176 e. The predicted molar refractivity (Wildman–Crippen MR) is 79.4 cm³/mol. The molecule has 0 radical (unpaired) electrons. The largest absolute Gasteiger partial charge is 0.396 e. The summed E-state index contributed by atoms with van der Waals surface area (Å²) < 4.78 is 0.992. The summed E-state index contributed by atoms with van der Waals surface area (Å²) in [4.78, 5) is 14.5. The molecule has 1 heterocycles. The molecule has 1 atom stereocenters. The summed E-state index contributed by atoms with van der Waals surface area (Å²) in [5.41, 5.74) is 0.774. The monoisotopic (exact) mass is 325 g/mol. The summed E-state index contributed by atoms with van der Waals surface area (Å²) in [6, 6.07) is 8.00. The van der Waals surface area contributed by atoms with Gasteiger partial charge in [-0.25, -0.2) is 0 Å². The average molecular weight is 326 g/mol. The van der Waals surface area contributed by atoms with Crippen LogP contribution in [0.3, 0.4) is 0 Å². The van der Waals surface area contributed by atoms with Gasteiger partial charge in [0.1, 0.15) is 0 Å². The van der Waals surface area contributed by atoms with E-state index in [1.807, 2.05) is 24.3 Å². The third-order valence-electron chi connectivity index (χ3n) is 3.71. The quantitative estimate of drug-likeness (QED) is 0.817. The average Bonchev–Trinajstić information content (AvgIpc) is 2.84. The molecule has 2 rings (SSSR count). The van der Waals surface area contributed by atoms with Crippen LogP contribution in [-0.4, -0.2) is 41.5 Å². The van der Waals surface area contributed by atoms with Gasteiger partial charge >= 0.3 is 0 Å². The molecule has 1 aliphatic heterocycles. The van der Waals surface area contributed by atoms with Crippen LogP contribution in [0.25, 0.3) is 0 Å². The Bertz CT molecular complexity index is 419. The Labute approximate surface area is 122 Å². The minimum atomic E-state index is 0.184. The zero-order valence-corrected chi connectivity index (χ0v) is 12.6. The van der Waals surface area contributed by atoms with Crippen LogP contribution in [-0.2, 0) is 0 Å². The zero-order chi connectivity index (χ0) is 13.7. The molecule has 0 amide bonds. The lowest BCUT2D eigenvalue weighted by atomic mass is 10.1. The van der Waals surface area contributed by atoms with Crippen LogP contribution >= 0.6 is 15.9 Å². The van der Waals surface area contributed by atoms with Crippen molar-refractivity contribution >= 4 is 21.7 Å². The van der Waals surface area contributed by atoms with Crippen LogP contribution < -0.4 is 0 Å². The van der Waals surface area contributed by atoms with Gasteiger partial charge in [-0.05, 0) is 44.4 Å². The molecule has 0 bridgehead atoms. The SMILES string of the molecule is O=C(CN1CCCC1CCCO)c1ccc(Br)cc1. The van der Waals surface area contributed by atoms with Gasteiger partial charge in [-0.3, -0.25) is 9.69 Å². The van der Waals surface area contributed by atoms with E-state index in [9.17, 15) is 4.79 Å². The molecule has 19 heavy (non-hydrogen) atoms. The number of hydrogen-bond donors (Lipinski definition) is 1. The van der Waals surface area contributed by atoms with E-state index in [4.69, 9.17) is 5.11 Å². The number of Topliss-reactive ketones (excluding diaryl/α,β-unsaturated/α-hetero) is 1. The maximum absolute atomic E-state index is 12.2. The topological polar surface area (TPSA) is 40.5 Å². The summed E-state index contributed by atoms with van der Waals surface area (Å²) in [7, 11) is 0. The number of ketones is 1. The van der Waals surface area contributed by atoms with Gasteiger partial charge in [0.05, 0.1) is 6.54 Å². The molecular weight excluding hydrogens is 306 g/mol. The number of carbonyl (C=O) groups is 1. The number of hydrogen-bond acceptors (Lipinski definition) is 3. The molecule has 104 valence electrons. The summed E-state index contributed by atoms with van der Waals surface area (Å²) in [6.07, 6.45) is 4.12. The molecule has 1 aromatic carbocycles. The highest BCUT2D eigenvalue weighted by Crippen LogP contribution is 2.21. The second-order valence-corrected chi connectivity index (χ2v) is 5.98. The van der Waals surface area contributed by atoms with E-state index in [-0.39, 0.29) is 12.4 Å². The Hall–Kier alpha value is -0.710. The van der Waals surface area contributed by atoms with Crippen molar-refractivity contribution in [3.8, 4) is 0 Å². The first-order chi connectivity index (χ1) is 9.20. The second kappa shape index (κ2) is 7.17. The van der Waals surface area contributed by atoms with E-state index in [2.05, 4.69) is 20.8 Å². The van der Waals surface area contributed by atoms with Gasteiger partial charge in [0.2, 0.25) is 0 Å². The van der Waals surface area contributed by atoms with Gasteiger partial charge in [0.25, 0.3) is 0 Å². The van der Waals surface area contributed by atoms with E-state index in [0.717, 1.165) is 42.3 Å². The van der Waals surface area contributed by atoms with E-state index in [1.165, 1.54) is 0 Å². The Kier molecular flexibility index (Phi) is 5.55. The highest BCUT2D eigenvalue weighted by Gasteiger charge is 2.25. The van der Waals surface area contributed by atoms with Gasteiger partial charge in [-0.1, -0.05) is 28.1 Å². The van der Waals surface area contributed by atoms with Crippen molar-refractivity contribution in [1.82, 2.24) is 4.90 Å². The predicted octanol–water partition coefficient (Wildman–Crippen LogP) is 2.87. The number of nitrogens with zero attached hydrogens (tertiary/aromatic N) is 1. The third-order valence-corrected chi connectivity index (χ3v) is 4.24. The number of carbonyl (C=O) groups excluding carboxylic acids is 1. The molecule has 1 unspecified atom stereocenters. The lowest BCUT2D eigenvalue weighted by Gasteiger charge is -2.23. The molecule has 3 nitrogen and oxygen atoms in total. The smallest absolute Gasteiger partial charge is 0.176 e. The van der Waals surface area contributed by atoms with E-state index < -0.39 is 0 Å². The normalized spacial score (nSPS) is 19.8. The van der Waals surface area contributed by atoms with Crippen LogP contribution in [0.15, 0.2) is 28.7 Å². The van der Waals surface area contributed by atoms with Gasteiger partial charge in [-0.15, -0.1) is 0 Å². The third kappa shape index (κ3) is 4.13. The van der Waals surface area contributed by atoms with Crippen molar-refractivity contribution in [2.24, 2.45) is 0 Å². The van der Waals surface area contributed by atoms with Crippen LogP contribution in [0, 0.1) is 0 Å². The van der Waals surface area contributed by atoms with Crippen molar-refractivity contribution in [3.05, 3.63) is 34.3 Å². The molecule has 4 heteroatoms. The van der Waals surface area contributed by atoms with Crippen LogP contribution in [0.4, 0.5) is 0 Å². The lowest BCUT2D eigenvalue weighted by Crippen LogP contribution is -2.34. The first kappa shape index (κ1) is 14.7. The van der Waals surface area contributed by atoms with Gasteiger partial charge in [-0.2, -0.15) is 0 Å².